The van der Waals surface area contributed by atoms with Crippen LogP contribution in [0.25, 0.3) is 0 Å². The molecule has 0 amide bonds. The highest BCUT2D eigenvalue weighted by atomic mass is 32.2. The van der Waals surface area contributed by atoms with E-state index in [0.29, 0.717) is 5.75 Å². The van der Waals surface area contributed by atoms with Crippen molar-refractivity contribution in [3.63, 3.8) is 0 Å². The van der Waals surface area contributed by atoms with Crippen LogP contribution in [0.15, 0.2) is 0 Å². The summed E-state index contributed by atoms with van der Waals surface area (Å²) in [7, 11) is 0. The molecule has 16 heavy (non-hydrogen) atoms. The monoisotopic (exact) mass is 243 g/mol. The molecule has 2 saturated carbocycles. The molecule has 2 aliphatic rings. The highest BCUT2D eigenvalue weighted by Gasteiger charge is 2.48. The molecule has 0 bridgehead atoms. The van der Waals surface area contributed by atoms with Gasteiger partial charge in [-0.2, -0.15) is 11.8 Å². The van der Waals surface area contributed by atoms with Crippen molar-refractivity contribution in [2.75, 3.05) is 11.5 Å². The number of aliphatic carboxylic acids is 1. The van der Waals surface area contributed by atoms with Crippen molar-refractivity contribution in [3.05, 3.63) is 0 Å². The number of nitrogens with two attached hydrogens (primary N) is 1. The number of hydrogen-bond acceptors (Lipinski definition) is 3. The van der Waals surface area contributed by atoms with Gasteiger partial charge in [-0.15, -0.1) is 0 Å². The lowest BCUT2D eigenvalue weighted by Crippen LogP contribution is -2.52. The molecule has 0 aliphatic heterocycles. The van der Waals surface area contributed by atoms with Crippen molar-refractivity contribution in [2.24, 2.45) is 17.6 Å². The van der Waals surface area contributed by atoms with Gasteiger partial charge in [0.1, 0.15) is 5.54 Å². The summed E-state index contributed by atoms with van der Waals surface area (Å²) in [5, 5.41) is 9.20. The Morgan fingerprint density at radius 3 is 2.44 bits per heavy atom. The molecule has 0 aromatic carbocycles. The third-order valence-corrected chi connectivity index (χ3v) is 5.26. The van der Waals surface area contributed by atoms with Crippen molar-refractivity contribution in [1.82, 2.24) is 0 Å². The first-order chi connectivity index (χ1) is 7.63. The zero-order chi connectivity index (χ0) is 11.6. The van der Waals surface area contributed by atoms with Crippen LogP contribution in [0, 0.1) is 11.8 Å². The van der Waals surface area contributed by atoms with Gasteiger partial charge in [-0.1, -0.05) is 12.8 Å². The summed E-state index contributed by atoms with van der Waals surface area (Å²) >= 11 is 1.75. The lowest BCUT2D eigenvalue weighted by Gasteiger charge is -2.24. The Bertz CT molecular complexity index is 262. The normalized spacial score (nSPS) is 25.6. The lowest BCUT2D eigenvalue weighted by atomic mass is 9.98. The maximum absolute atomic E-state index is 11.2. The third kappa shape index (κ3) is 2.72. The standard InChI is InChI=1S/C12H21NO2S/c13-12(11(14)15,10-5-6-10)8-16-7-9-3-1-2-4-9/h9-10H,1-8,13H2,(H,14,15). The fraction of sp³-hybridized carbons (Fsp3) is 0.917. The average Bonchev–Trinajstić information content (AvgIpc) is 2.98. The van der Waals surface area contributed by atoms with Gasteiger partial charge in [0, 0.05) is 5.75 Å². The molecule has 0 heterocycles. The van der Waals surface area contributed by atoms with E-state index in [0.717, 1.165) is 24.5 Å². The van der Waals surface area contributed by atoms with Crippen LogP contribution in [-0.4, -0.2) is 28.1 Å². The summed E-state index contributed by atoms with van der Waals surface area (Å²) in [5.74, 6) is 1.90. The predicted molar refractivity (Wildman–Crippen MR) is 66.6 cm³/mol. The smallest absolute Gasteiger partial charge is 0.324 e. The van der Waals surface area contributed by atoms with Gasteiger partial charge in [-0.3, -0.25) is 4.79 Å². The molecule has 2 fully saturated rings. The van der Waals surface area contributed by atoms with Crippen LogP contribution in [0.1, 0.15) is 38.5 Å². The molecule has 3 nitrogen and oxygen atoms in total. The van der Waals surface area contributed by atoms with Crippen molar-refractivity contribution in [2.45, 2.75) is 44.1 Å². The Kier molecular flexibility index (Phi) is 3.80. The molecule has 2 rings (SSSR count). The predicted octanol–water partition coefficient (Wildman–Crippen LogP) is 2.10. The van der Waals surface area contributed by atoms with Gasteiger partial charge in [0.15, 0.2) is 0 Å². The largest absolute Gasteiger partial charge is 0.480 e. The van der Waals surface area contributed by atoms with Crippen molar-refractivity contribution in [1.29, 1.82) is 0 Å². The maximum Gasteiger partial charge on any atom is 0.324 e. The third-order valence-electron chi connectivity index (χ3n) is 3.87. The first kappa shape index (κ1) is 12.2. The van der Waals surface area contributed by atoms with E-state index in [1.807, 2.05) is 0 Å². The van der Waals surface area contributed by atoms with E-state index in [1.54, 1.807) is 11.8 Å². The Morgan fingerprint density at radius 1 is 1.31 bits per heavy atom. The number of carboxylic acids is 1. The molecule has 2 aliphatic carbocycles. The molecule has 1 atom stereocenters. The zero-order valence-corrected chi connectivity index (χ0v) is 10.5. The maximum atomic E-state index is 11.2. The average molecular weight is 243 g/mol. The van der Waals surface area contributed by atoms with Gasteiger partial charge >= 0.3 is 5.97 Å². The summed E-state index contributed by atoms with van der Waals surface area (Å²) in [4.78, 5) is 11.2. The Balaban J connectivity index is 1.75. The summed E-state index contributed by atoms with van der Waals surface area (Å²) in [5.41, 5.74) is 5.06. The van der Waals surface area contributed by atoms with Crippen LogP contribution in [0.4, 0.5) is 0 Å². The van der Waals surface area contributed by atoms with E-state index in [9.17, 15) is 9.90 Å². The Labute approximate surface area is 101 Å². The van der Waals surface area contributed by atoms with E-state index in [4.69, 9.17) is 5.73 Å². The molecular formula is C12H21NO2S. The van der Waals surface area contributed by atoms with Crippen molar-refractivity contribution in [3.8, 4) is 0 Å². The number of carboxylic acid groups (broad SMARTS) is 1. The Hall–Kier alpha value is -0.220. The minimum Gasteiger partial charge on any atom is -0.480 e. The summed E-state index contributed by atoms with van der Waals surface area (Å²) < 4.78 is 0. The lowest BCUT2D eigenvalue weighted by molar-refractivity contribution is -0.143. The SMILES string of the molecule is NC(CSCC1CCCC1)(C(=O)O)C1CC1. The molecule has 0 radical (unpaired) electrons. The minimum absolute atomic E-state index is 0.223. The fourth-order valence-corrected chi connectivity index (χ4v) is 4.01. The molecule has 0 aromatic heterocycles. The Morgan fingerprint density at radius 2 is 1.94 bits per heavy atom. The second-order valence-electron chi connectivity index (χ2n) is 5.29. The highest BCUT2D eigenvalue weighted by Crippen LogP contribution is 2.40. The van der Waals surface area contributed by atoms with E-state index >= 15 is 0 Å². The quantitative estimate of drug-likeness (QED) is 0.750. The first-order valence-electron chi connectivity index (χ1n) is 6.23. The van der Waals surface area contributed by atoms with Crippen LogP contribution in [0.3, 0.4) is 0 Å². The van der Waals surface area contributed by atoms with E-state index < -0.39 is 11.5 Å². The van der Waals surface area contributed by atoms with Gasteiger partial charge in [0.2, 0.25) is 0 Å². The zero-order valence-electron chi connectivity index (χ0n) is 9.65. The number of rotatable bonds is 6. The van der Waals surface area contributed by atoms with Gasteiger partial charge in [-0.25, -0.2) is 0 Å². The topological polar surface area (TPSA) is 63.3 Å². The van der Waals surface area contributed by atoms with Crippen LogP contribution in [0.5, 0.6) is 0 Å². The molecule has 3 N–H and O–H groups in total. The van der Waals surface area contributed by atoms with Gasteiger partial charge in [0.05, 0.1) is 0 Å². The van der Waals surface area contributed by atoms with Crippen molar-refractivity contribution >= 4 is 17.7 Å². The molecule has 0 aromatic rings. The second-order valence-corrected chi connectivity index (χ2v) is 6.32. The number of carbonyl (C=O) groups is 1. The fourth-order valence-electron chi connectivity index (χ4n) is 2.52. The van der Waals surface area contributed by atoms with Gasteiger partial charge < -0.3 is 10.8 Å². The van der Waals surface area contributed by atoms with Gasteiger partial charge in [-0.05, 0) is 43.3 Å². The number of thioether (sulfide) groups is 1. The highest BCUT2D eigenvalue weighted by molar-refractivity contribution is 7.99. The van der Waals surface area contributed by atoms with E-state index in [1.165, 1.54) is 25.7 Å². The van der Waals surface area contributed by atoms with E-state index in [-0.39, 0.29) is 5.92 Å². The van der Waals surface area contributed by atoms with Crippen LogP contribution >= 0.6 is 11.8 Å². The summed E-state index contributed by atoms with van der Waals surface area (Å²) in [6, 6.07) is 0. The molecule has 0 spiro atoms. The van der Waals surface area contributed by atoms with Crippen molar-refractivity contribution < 1.29 is 9.90 Å². The van der Waals surface area contributed by atoms with E-state index in [2.05, 4.69) is 0 Å². The van der Waals surface area contributed by atoms with Gasteiger partial charge in [0.25, 0.3) is 0 Å². The second kappa shape index (κ2) is 4.96. The molecular weight excluding hydrogens is 222 g/mol. The molecule has 92 valence electrons. The molecule has 0 saturated heterocycles. The van der Waals surface area contributed by atoms with Crippen LogP contribution in [0.2, 0.25) is 0 Å². The van der Waals surface area contributed by atoms with Crippen LogP contribution < -0.4 is 5.73 Å². The minimum atomic E-state index is -0.955. The first-order valence-corrected chi connectivity index (χ1v) is 7.38. The van der Waals surface area contributed by atoms with Crippen LogP contribution in [-0.2, 0) is 4.79 Å². The summed E-state index contributed by atoms with van der Waals surface area (Å²) in [6.07, 6.45) is 7.32. The summed E-state index contributed by atoms with van der Waals surface area (Å²) in [6.45, 7) is 0. The molecule has 4 heteroatoms. The number of hydrogen-bond donors (Lipinski definition) is 2. The molecule has 1 unspecified atom stereocenters.